The molecule has 2 aromatic carbocycles. The van der Waals surface area contributed by atoms with Gasteiger partial charge in [0.2, 0.25) is 0 Å². The standard InChI is InChI=1S/C24H32N4O3/c1-18(19-7-5-4-6-8-19)26-24(30)23(29)25-17-22(28-13-15-31-16-14-28)20-9-11-21(12-10-20)27(2)3/h4-12,18,22H,13-17H2,1-3H3,(H,25,29)(H,26,30)/t18-,22-/m1/s1. The van der Waals surface area contributed by atoms with Gasteiger partial charge in [0.05, 0.1) is 25.3 Å². The van der Waals surface area contributed by atoms with E-state index >= 15 is 0 Å². The van der Waals surface area contributed by atoms with Crippen molar-refractivity contribution in [2.45, 2.75) is 19.0 Å². The van der Waals surface area contributed by atoms with Gasteiger partial charge in [0.25, 0.3) is 0 Å². The molecule has 1 heterocycles. The van der Waals surface area contributed by atoms with Crippen LogP contribution >= 0.6 is 0 Å². The summed E-state index contributed by atoms with van der Waals surface area (Å²) in [6, 6.07) is 17.6. The van der Waals surface area contributed by atoms with E-state index in [1.165, 1.54) is 0 Å². The molecule has 0 bridgehead atoms. The van der Waals surface area contributed by atoms with Crippen molar-refractivity contribution in [2.24, 2.45) is 0 Å². The Bertz CT molecular complexity index is 849. The molecule has 0 aliphatic carbocycles. The number of benzene rings is 2. The molecule has 0 saturated carbocycles. The lowest BCUT2D eigenvalue weighted by atomic mass is 10.0. The maximum absolute atomic E-state index is 12.5. The lowest BCUT2D eigenvalue weighted by Crippen LogP contribution is -2.47. The maximum atomic E-state index is 12.5. The first kappa shape index (κ1) is 22.8. The van der Waals surface area contributed by atoms with Crippen LogP contribution in [0.3, 0.4) is 0 Å². The summed E-state index contributed by atoms with van der Waals surface area (Å²) >= 11 is 0. The summed E-state index contributed by atoms with van der Waals surface area (Å²) in [5.41, 5.74) is 3.17. The van der Waals surface area contributed by atoms with Crippen LogP contribution in [0.25, 0.3) is 0 Å². The summed E-state index contributed by atoms with van der Waals surface area (Å²) in [4.78, 5) is 29.2. The minimum atomic E-state index is -0.625. The highest BCUT2D eigenvalue weighted by molar-refractivity contribution is 6.35. The van der Waals surface area contributed by atoms with Gasteiger partial charge in [0, 0.05) is 39.4 Å². The van der Waals surface area contributed by atoms with Gasteiger partial charge >= 0.3 is 11.8 Å². The first-order valence-electron chi connectivity index (χ1n) is 10.7. The smallest absolute Gasteiger partial charge is 0.309 e. The van der Waals surface area contributed by atoms with E-state index in [4.69, 9.17) is 4.74 Å². The molecule has 0 radical (unpaired) electrons. The lowest BCUT2D eigenvalue weighted by Gasteiger charge is -2.35. The Kier molecular flexibility index (Phi) is 8.03. The molecule has 1 fully saturated rings. The molecule has 2 aromatic rings. The van der Waals surface area contributed by atoms with Crippen molar-refractivity contribution in [3.05, 3.63) is 65.7 Å². The summed E-state index contributed by atoms with van der Waals surface area (Å²) < 4.78 is 5.49. The summed E-state index contributed by atoms with van der Waals surface area (Å²) in [5, 5.41) is 5.60. The Morgan fingerprint density at radius 1 is 0.968 bits per heavy atom. The lowest BCUT2D eigenvalue weighted by molar-refractivity contribution is -0.139. The van der Waals surface area contributed by atoms with Gasteiger partial charge in [-0.15, -0.1) is 0 Å². The number of anilines is 1. The summed E-state index contributed by atoms with van der Waals surface area (Å²) in [6.45, 7) is 5.11. The molecule has 1 aliphatic heterocycles. The second-order valence-corrected chi connectivity index (χ2v) is 7.97. The summed E-state index contributed by atoms with van der Waals surface area (Å²) in [5.74, 6) is -1.24. The van der Waals surface area contributed by atoms with Gasteiger partial charge in [-0.25, -0.2) is 0 Å². The molecule has 1 aliphatic rings. The van der Waals surface area contributed by atoms with E-state index in [1.54, 1.807) is 0 Å². The number of carbonyl (C=O) groups excluding carboxylic acids is 2. The van der Waals surface area contributed by atoms with Crippen molar-refractivity contribution in [3.63, 3.8) is 0 Å². The van der Waals surface area contributed by atoms with E-state index in [9.17, 15) is 9.59 Å². The van der Waals surface area contributed by atoms with E-state index < -0.39 is 11.8 Å². The first-order chi connectivity index (χ1) is 15.0. The highest BCUT2D eigenvalue weighted by Crippen LogP contribution is 2.24. The second kappa shape index (κ2) is 10.9. The number of nitrogens with one attached hydrogen (secondary N) is 2. The monoisotopic (exact) mass is 424 g/mol. The van der Waals surface area contributed by atoms with Crippen LogP contribution in [0.4, 0.5) is 5.69 Å². The molecule has 0 aromatic heterocycles. The summed E-state index contributed by atoms with van der Waals surface area (Å²) in [7, 11) is 4.01. The maximum Gasteiger partial charge on any atom is 0.309 e. The van der Waals surface area contributed by atoms with E-state index in [0.29, 0.717) is 19.8 Å². The van der Waals surface area contributed by atoms with Crippen LogP contribution in [0.1, 0.15) is 30.1 Å². The quantitative estimate of drug-likeness (QED) is 0.666. The van der Waals surface area contributed by atoms with Crippen LogP contribution < -0.4 is 15.5 Å². The number of carbonyl (C=O) groups is 2. The fourth-order valence-corrected chi connectivity index (χ4v) is 3.70. The molecule has 2 N–H and O–H groups in total. The third kappa shape index (κ3) is 6.29. The zero-order chi connectivity index (χ0) is 22.2. The average Bonchev–Trinajstić information content (AvgIpc) is 2.80. The third-order valence-electron chi connectivity index (χ3n) is 5.59. The summed E-state index contributed by atoms with van der Waals surface area (Å²) in [6.07, 6.45) is 0. The number of rotatable bonds is 7. The fourth-order valence-electron chi connectivity index (χ4n) is 3.70. The zero-order valence-electron chi connectivity index (χ0n) is 18.5. The molecule has 3 rings (SSSR count). The molecular weight excluding hydrogens is 392 g/mol. The number of ether oxygens (including phenoxy) is 1. The van der Waals surface area contributed by atoms with Crippen molar-refractivity contribution >= 4 is 17.5 Å². The topological polar surface area (TPSA) is 73.9 Å². The van der Waals surface area contributed by atoms with Crippen LogP contribution in [0, 0.1) is 0 Å². The van der Waals surface area contributed by atoms with Crippen LogP contribution in [0.5, 0.6) is 0 Å². The van der Waals surface area contributed by atoms with Gasteiger partial charge < -0.3 is 20.3 Å². The number of nitrogens with zero attached hydrogens (tertiary/aromatic N) is 2. The normalized spacial score (nSPS) is 16.2. The van der Waals surface area contributed by atoms with Gasteiger partial charge in [-0.2, -0.15) is 0 Å². The van der Waals surface area contributed by atoms with E-state index in [1.807, 2.05) is 56.3 Å². The molecule has 1 saturated heterocycles. The number of hydrogen-bond donors (Lipinski definition) is 2. The van der Waals surface area contributed by atoms with E-state index in [2.05, 4.69) is 39.8 Å². The molecular formula is C24H32N4O3. The van der Waals surface area contributed by atoms with Crippen molar-refractivity contribution in [1.82, 2.24) is 15.5 Å². The minimum absolute atomic E-state index is 0.0246. The molecule has 2 atom stereocenters. The van der Waals surface area contributed by atoms with Crippen molar-refractivity contribution in [1.29, 1.82) is 0 Å². The molecule has 0 spiro atoms. The van der Waals surface area contributed by atoms with Gasteiger partial charge in [-0.1, -0.05) is 42.5 Å². The molecule has 7 nitrogen and oxygen atoms in total. The highest BCUT2D eigenvalue weighted by atomic mass is 16.5. The third-order valence-corrected chi connectivity index (χ3v) is 5.59. The number of amides is 2. The molecule has 7 heteroatoms. The molecule has 0 unspecified atom stereocenters. The van der Waals surface area contributed by atoms with Crippen molar-refractivity contribution in [2.75, 3.05) is 51.8 Å². The van der Waals surface area contributed by atoms with Gasteiger partial charge in [0.1, 0.15) is 0 Å². The van der Waals surface area contributed by atoms with Crippen LogP contribution in [-0.4, -0.2) is 63.7 Å². The Morgan fingerprint density at radius 3 is 2.23 bits per heavy atom. The van der Waals surface area contributed by atoms with Crippen molar-refractivity contribution < 1.29 is 14.3 Å². The van der Waals surface area contributed by atoms with Gasteiger partial charge in [-0.3, -0.25) is 14.5 Å². The van der Waals surface area contributed by atoms with E-state index in [0.717, 1.165) is 29.9 Å². The highest BCUT2D eigenvalue weighted by Gasteiger charge is 2.25. The van der Waals surface area contributed by atoms with Crippen LogP contribution in [0.15, 0.2) is 54.6 Å². The van der Waals surface area contributed by atoms with Gasteiger partial charge in [-0.05, 0) is 30.2 Å². The Morgan fingerprint density at radius 2 is 1.61 bits per heavy atom. The zero-order valence-corrected chi connectivity index (χ0v) is 18.5. The van der Waals surface area contributed by atoms with Gasteiger partial charge in [0.15, 0.2) is 0 Å². The predicted octanol–water partition coefficient (Wildman–Crippen LogP) is 2.12. The Hall–Kier alpha value is -2.90. The largest absolute Gasteiger partial charge is 0.379 e. The Labute approximate surface area is 184 Å². The number of hydrogen-bond acceptors (Lipinski definition) is 5. The van der Waals surface area contributed by atoms with Crippen LogP contribution in [-0.2, 0) is 14.3 Å². The average molecular weight is 425 g/mol. The van der Waals surface area contributed by atoms with Crippen molar-refractivity contribution in [3.8, 4) is 0 Å². The second-order valence-electron chi connectivity index (χ2n) is 7.97. The molecule has 31 heavy (non-hydrogen) atoms. The first-order valence-corrected chi connectivity index (χ1v) is 10.7. The number of morpholine rings is 1. The van der Waals surface area contributed by atoms with Crippen LogP contribution in [0.2, 0.25) is 0 Å². The minimum Gasteiger partial charge on any atom is -0.379 e. The fraction of sp³-hybridized carbons (Fsp3) is 0.417. The molecule has 166 valence electrons. The Balaban J connectivity index is 1.63. The predicted molar refractivity (Wildman–Crippen MR) is 122 cm³/mol. The SMILES string of the molecule is C[C@@H](NC(=O)C(=O)NC[C@H](c1ccc(N(C)C)cc1)N1CCOCC1)c1ccccc1. The van der Waals surface area contributed by atoms with E-state index in [-0.39, 0.29) is 12.1 Å². The molecule has 2 amide bonds.